The summed E-state index contributed by atoms with van der Waals surface area (Å²) in [5.74, 6) is -3.13. The predicted molar refractivity (Wildman–Crippen MR) is 155 cm³/mol. The number of amidine groups is 1. The number of hydrogen-bond donors (Lipinski definition) is 3. The van der Waals surface area contributed by atoms with Crippen LogP contribution >= 0.6 is 0 Å². The van der Waals surface area contributed by atoms with Gasteiger partial charge in [0.25, 0.3) is 5.91 Å². The molecule has 0 spiro atoms. The number of sulfone groups is 1. The molecule has 6 rings (SSSR count). The summed E-state index contributed by atoms with van der Waals surface area (Å²) in [5, 5.41) is 11.4. The summed E-state index contributed by atoms with van der Waals surface area (Å²) in [6.07, 6.45) is 7.03. The minimum Gasteiger partial charge on any atom is -0.382 e. The van der Waals surface area contributed by atoms with Crippen molar-refractivity contribution in [3.63, 3.8) is 0 Å². The van der Waals surface area contributed by atoms with Crippen LogP contribution in [0.25, 0.3) is 28.0 Å². The van der Waals surface area contributed by atoms with E-state index >= 15 is 0 Å². The van der Waals surface area contributed by atoms with Gasteiger partial charge < -0.3 is 16.4 Å². The van der Waals surface area contributed by atoms with Gasteiger partial charge in [-0.05, 0) is 43.9 Å². The molecule has 4 aromatic rings. The Morgan fingerprint density at radius 1 is 1.12 bits per heavy atom. The number of nitrogens with zero attached hydrogens (tertiary/aromatic N) is 6. The number of piperidine rings is 1. The summed E-state index contributed by atoms with van der Waals surface area (Å²) in [6, 6.07) is 6.63. The van der Waals surface area contributed by atoms with Crippen molar-refractivity contribution in [1.82, 2.24) is 24.5 Å². The number of hydrogen-bond acceptors (Lipinski definition) is 8. The van der Waals surface area contributed by atoms with Crippen LogP contribution in [0.5, 0.6) is 0 Å². The van der Waals surface area contributed by atoms with Gasteiger partial charge in [0.15, 0.2) is 33.0 Å². The molecule has 2 saturated heterocycles. The number of nitrogens with one attached hydrogen (secondary N) is 1. The predicted octanol–water partition coefficient (Wildman–Crippen LogP) is 2.92. The molecule has 5 heterocycles. The molecule has 1 aromatic carbocycles. The lowest BCUT2D eigenvalue weighted by molar-refractivity contribution is -0.128. The van der Waals surface area contributed by atoms with Gasteiger partial charge in [0, 0.05) is 47.1 Å². The fraction of sp³-hybridized carbons (Fsp3) is 0.286. The highest BCUT2D eigenvalue weighted by Crippen LogP contribution is 2.45. The first-order valence-electron chi connectivity index (χ1n) is 13.4. The lowest BCUT2D eigenvalue weighted by Gasteiger charge is -2.39. The van der Waals surface area contributed by atoms with Gasteiger partial charge in [-0.1, -0.05) is 12.1 Å². The molecule has 15 heteroatoms. The second kappa shape index (κ2) is 10.5. The van der Waals surface area contributed by atoms with Crippen LogP contribution in [0.4, 0.5) is 14.6 Å². The monoisotopic (exact) mass is 607 g/mol. The second-order valence-electron chi connectivity index (χ2n) is 10.7. The van der Waals surface area contributed by atoms with Gasteiger partial charge in [-0.2, -0.15) is 9.61 Å². The summed E-state index contributed by atoms with van der Waals surface area (Å²) in [5.41, 5.74) is 14.1. The van der Waals surface area contributed by atoms with Gasteiger partial charge >= 0.3 is 0 Å². The van der Waals surface area contributed by atoms with Crippen LogP contribution in [0.3, 0.4) is 0 Å². The molecule has 5 N–H and O–H groups in total. The van der Waals surface area contributed by atoms with E-state index in [9.17, 15) is 22.0 Å². The minimum absolute atomic E-state index is 0.0131. The molecule has 0 saturated carbocycles. The summed E-state index contributed by atoms with van der Waals surface area (Å²) in [4.78, 5) is 27.3. The third-order valence-electron chi connectivity index (χ3n) is 8.11. The highest BCUT2D eigenvalue weighted by atomic mass is 32.2. The van der Waals surface area contributed by atoms with E-state index in [1.54, 1.807) is 17.0 Å². The van der Waals surface area contributed by atoms with Crippen LogP contribution in [-0.4, -0.2) is 69.3 Å². The molecule has 2 unspecified atom stereocenters. The van der Waals surface area contributed by atoms with E-state index in [1.807, 2.05) is 0 Å². The Balaban J connectivity index is 1.41. The lowest BCUT2D eigenvalue weighted by atomic mass is 9.87. The van der Waals surface area contributed by atoms with Gasteiger partial charge in [-0.15, -0.1) is 0 Å². The van der Waals surface area contributed by atoms with E-state index in [4.69, 9.17) is 21.9 Å². The van der Waals surface area contributed by atoms with Crippen molar-refractivity contribution in [3.05, 3.63) is 60.1 Å². The van der Waals surface area contributed by atoms with E-state index < -0.39 is 27.4 Å². The fourth-order valence-electron chi connectivity index (χ4n) is 6.28. The van der Waals surface area contributed by atoms with Crippen molar-refractivity contribution >= 4 is 39.4 Å². The number of anilines is 1. The summed E-state index contributed by atoms with van der Waals surface area (Å²) in [7, 11) is -3.84. The Morgan fingerprint density at radius 2 is 1.84 bits per heavy atom. The highest BCUT2D eigenvalue weighted by molar-refractivity contribution is 7.91. The molecule has 0 radical (unpaired) electrons. The number of benzene rings is 1. The third kappa shape index (κ3) is 4.78. The highest BCUT2D eigenvalue weighted by Gasteiger charge is 2.46. The van der Waals surface area contributed by atoms with Crippen molar-refractivity contribution in [2.24, 2.45) is 10.7 Å². The Labute approximate surface area is 244 Å². The summed E-state index contributed by atoms with van der Waals surface area (Å²) in [6.45, 7) is 0. The number of nitrogen functional groups attached to an aromatic ring is 1. The first-order chi connectivity index (χ1) is 20.5. The number of nitrogens with two attached hydrogens (primary N) is 2. The van der Waals surface area contributed by atoms with Crippen molar-refractivity contribution in [3.8, 4) is 22.4 Å². The van der Waals surface area contributed by atoms with Gasteiger partial charge in [0.05, 0.1) is 17.6 Å². The third-order valence-corrected chi connectivity index (χ3v) is 9.27. The van der Waals surface area contributed by atoms with E-state index in [2.05, 4.69) is 15.1 Å². The molecular weight excluding hydrogens is 580 g/mol. The van der Waals surface area contributed by atoms with E-state index in [1.165, 1.54) is 29.0 Å². The molecular formula is C28H27F2N9O3S. The summed E-state index contributed by atoms with van der Waals surface area (Å²) < 4.78 is 55.4. The SMILES string of the molecule is CS(=O)(=O)c1c(C2CC3CCC(C2)N3C(=O)C(N)=NC=N)nc2c(-c3ccc(-c4cccc(F)c4F)nc3)cnn2c1N. The zero-order valence-corrected chi connectivity index (χ0v) is 23.7. The van der Waals surface area contributed by atoms with Gasteiger partial charge in [-0.25, -0.2) is 27.2 Å². The van der Waals surface area contributed by atoms with Crippen LogP contribution in [0.1, 0.15) is 37.3 Å². The average molecular weight is 608 g/mol. The molecule has 2 fully saturated rings. The lowest BCUT2D eigenvalue weighted by Crippen LogP contribution is -2.50. The molecule has 1 amide bonds. The van der Waals surface area contributed by atoms with Gasteiger partial charge in [-0.3, -0.25) is 15.2 Å². The maximum atomic E-state index is 14.3. The van der Waals surface area contributed by atoms with Crippen molar-refractivity contribution < 1.29 is 22.0 Å². The van der Waals surface area contributed by atoms with E-state index in [0.29, 0.717) is 54.5 Å². The number of aliphatic imine (C=N–C) groups is 1. The standard InChI is InChI=1S/C28H27F2N9O3S/c1-43(41,42)24-23(15-9-16-6-7-17(10-15)38(16)28(40)25(32)35-13-31)37-27-19(12-36-39(27)26(24)33)14-5-8-21(34-11-14)18-3-2-4-20(29)22(18)30/h2-5,8,11-13,15-17H,6-7,9-10,33H2,1H3,(H3,31,32,35). The van der Waals surface area contributed by atoms with Gasteiger partial charge in [0.2, 0.25) is 0 Å². The van der Waals surface area contributed by atoms with Crippen molar-refractivity contribution in [1.29, 1.82) is 5.41 Å². The van der Waals surface area contributed by atoms with E-state index in [-0.39, 0.29) is 45.8 Å². The fourth-order valence-corrected chi connectivity index (χ4v) is 7.34. The Hall–Kier alpha value is -4.79. The maximum Gasteiger partial charge on any atom is 0.289 e. The Bertz CT molecular complexity index is 1910. The molecule has 222 valence electrons. The molecule has 2 aliphatic heterocycles. The zero-order valence-electron chi connectivity index (χ0n) is 22.9. The number of aromatic nitrogens is 4. The molecule has 0 aliphatic carbocycles. The van der Waals surface area contributed by atoms with Crippen LogP contribution < -0.4 is 11.5 Å². The number of fused-ring (bicyclic) bond motifs is 3. The van der Waals surface area contributed by atoms with E-state index in [0.717, 1.165) is 12.3 Å². The number of carbonyl (C=O) groups excluding carboxylic acids is 1. The molecule has 2 bridgehead atoms. The average Bonchev–Trinajstić information content (AvgIpc) is 3.51. The minimum atomic E-state index is -3.84. The molecule has 2 aliphatic rings. The van der Waals surface area contributed by atoms with Crippen LogP contribution in [0, 0.1) is 17.0 Å². The second-order valence-corrected chi connectivity index (χ2v) is 12.7. The molecule has 3 aromatic heterocycles. The van der Waals surface area contributed by atoms with Gasteiger partial charge in [0.1, 0.15) is 17.1 Å². The number of halogens is 2. The van der Waals surface area contributed by atoms with Crippen LogP contribution in [0.15, 0.2) is 52.6 Å². The first-order valence-corrected chi connectivity index (χ1v) is 15.3. The van der Waals surface area contributed by atoms with Crippen LogP contribution in [0.2, 0.25) is 0 Å². The number of carbonyl (C=O) groups is 1. The largest absolute Gasteiger partial charge is 0.382 e. The topological polar surface area (TPSA) is 186 Å². The zero-order chi connectivity index (χ0) is 30.6. The Morgan fingerprint density at radius 3 is 2.47 bits per heavy atom. The normalized spacial score (nSPS) is 20.5. The van der Waals surface area contributed by atoms with Crippen LogP contribution in [-0.2, 0) is 14.6 Å². The maximum absolute atomic E-state index is 14.3. The van der Waals surface area contributed by atoms with Crippen molar-refractivity contribution in [2.45, 2.75) is 48.6 Å². The number of rotatable bonds is 5. The van der Waals surface area contributed by atoms with Crippen molar-refractivity contribution in [2.75, 3.05) is 12.0 Å². The molecule has 43 heavy (non-hydrogen) atoms. The summed E-state index contributed by atoms with van der Waals surface area (Å²) >= 11 is 0. The smallest absolute Gasteiger partial charge is 0.289 e. The molecule has 2 atom stereocenters. The number of pyridine rings is 1. The quantitative estimate of drug-likeness (QED) is 0.228. The Kier molecular flexibility index (Phi) is 6.91. The number of amides is 1. The first kappa shape index (κ1) is 28.3. The molecule has 12 nitrogen and oxygen atoms in total.